The van der Waals surface area contributed by atoms with Gasteiger partial charge in [0.25, 0.3) is 0 Å². The third-order valence-electron chi connectivity index (χ3n) is 1.30. The maximum absolute atomic E-state index is 3.08. The van der Waals surface area contributed by atoms with Crippen molar-refractivity contribution in [3.63, 3.8) is 0 Å². The largest absolute Gasteiger partial charge is 1.00 e. The van der Waals surface area contributed by atoms with Crippen molar-refractivity contribution in [2.45, 2.75) is 4.90 Å². The van der Waals surface area contributed by atoms with Crippen molar-refractivity contribution in [2.75, 3.05) is 0 Å². The summed E-state index contributed by atoms with van der Waals surface area (Å²) in [5.74, 6) is 0. The SMILES string of the molecule is [Na+].c1ccc2c(c1)[CH-]NS2. The number of rotatable bonds is 0. The molecule has 1 N–H and O–H groups in total. The third-order valence-corrected chi connectivity index (χ3v) is 2.13. The van der Waals surface area contributed by atoms with Crippen molar-refractivity contribution in [1.82, 2.24) is 4.72 Å². The Labute approximate surface area is 87.0 Å². The normalized spacial score (nSPS) is 13.2. The minimum Gasteiger partial charge on any atom is -0.301 e. The Hall–Kier alpha value is 0.400. The minimum absolute atomic E-state index is 0. The van der Waals surface area contributed by atoms with Gasteiger partial charge in [0, 0.05) is 0 Å². The third kappa shape index (κ3) is 1.52. The second-order valence-electron chi connectivity index (χ2n) is 1.90. The predicted octanol–water partition coefficient (Wildman–Crippen LogP) is -1.19. The smallest absolute Gasteiger partial charge is 0.301 e. The summed E-state index contributed by atoms with van der Waals surface area (Å²) < 4.78 is 3.08. The van der Waals surface area contributed by atoms with E-state index in [-0.39, 0.29) is 29.6 Å². The van der Waals surface area contributed by atoms with Gasteiger partial charge in [-0.05, 0) is 0 Å². The van der Waals surface area contributed by atoms with Crippen LogP contribution in [0.5, 0.6) is 0 Å². The zero-order valence-corrected chi connectivity index (χ0v) is 8.61. The average Bonchev–Trinajstić information content (AvgIpc) is 2.33. The molecule has 0 saturated carbocycles. The fourth-order valence-corrected chi connectivity index (χ4v) is 1.55. The standard InChI is InChI=1S/C7H6NS.Na/c1-2-4-7-6(3-1)5-8-9-7;/h1-5,8H;/q-1;+1. The molecule has 0 aliphatic carbocycles. The van der Waals surface area contributed by atoms with Crippen LogP contribution >= 0.6 is 11.9 Å². The fraction of sp³-hybridized carbons (Fsp3) is 0. The first-order chi connectivity index (χ1) is 4.47. The summed E-state index contributed by atoms with van der Waals surface area (Å²) >= 11 is 1.66. The van der Waals surface area contributed by atoms with E-state index in [4.69, 9.17) is 0 Å². The van der Waals surface area contributed by atoms with Gasteiger partial charge in [-0.1, -0.05) is 11.0 Å². The summed E-state index contributed by atoms with van der Waals surface area (Å²) in [5.41, 5.74) is 1.29. The number of benzene rings is 1. The quantitative estimate of drug-likeness (QED) is 0.290. The topological polar surface area (TPSA) is 12.0 Å². The van der Waals surface area contributed by atoms with Crippen LogP contribution in [-0.2, 0) is 0 Å². The van der Waals surface area contributed by atoms with Gasteiger partial charge in [-0.15, -0.1) is 30.6 Å². The number of fused-ring (bicyclic) bond motifs is 1. The molecule has 2 rings (SSSR count). The molecular formula is C7H6NNaS. The summed E-state index contributed by atoms with van der Waals surface area (Å²) in [7, 11) is 0. The zero-order chi connectivity index (χ0) is 6.10. The molecule has 10 heavy (non-hydrogen) atoms. The average molecular weight is 159 g/mol. The number of hydrogen-bond acceptors (Lipinski definition) is 2. The molecule has 1 aromatic rings. The summed E-state index contributed by atoms with van der Waals surface area (Å²) in [6.07, 6.45) is 0. The molecule has 1 aliphatic rings. The second kappa shape index (κ2) is 3.69. The maximum atomic E-state index is 3.08. The van der Waals surface area contributed by atoms with Crippen molar-refractivity contribution in [3.8, 4) is 0 Å². The Morgan fingerprint density at radius 1 is 1.30 bits per heavy atom. The Balaban J connectivity index is 0.000000500. The van der Waals surface area contributed by atoms with Crippen LogP contribution < -0.4 is 34.3 Å². The molecule has 0 spiro atoms. The van der Waals surface area contributed by atoms with E-state index in [1.165, 1.54) is 10.5 Å². The molecule has 0 fully saturated rings. The van der Waals surface area contributed by atoms with E-state index in [9.17, 15) is 0 Å². The van der Waals surface area contributed by atoms with Crippen molar-refractivity contribution < 1.29 is 29.6 Å². The first-order valence-electron chi connectivity index (χ1n) is 2.81. The summed E-state index contributed by atoms with van der Waals surface area (Å²) in [6.45, 7) is 2.01. The van der Waals surface area contributed by atoms with E-state index in [0.717, 1.165) is 0 Å². The fourth-order valence-electron chi connectivity index (χ4n) is 0.849. The van der Waals surface area contributed by atoms with Crippen LogP contribution in [0.15, 0.2) is 29.2 Å². The molecule has 0 aromatic heterocycles. The van der Waals surface area contributed by atoms with Crippen molar-refractivity contribution in [1.29, 1.82) is 0 Å². The van der Waals surface area contributed by atoms with Crippen LogP contribution in [0.2, 0.25) is 0 Å². The van der Waals surface area contributed by atoms with Crippen LogP contribution in [0.1, 0.15) is 5.56 Å². The molecule has 0 atom stereocenters. The Bertz CT molecular complexity index is 204. The van der Waals surface area contributed by atoms with Gasteiger partial charge in [0.2, 0.25) is 0 Å². The monoisotopic (exact) mass is 159 g/mol. The molecule has 0 saturated heterocycles. The van der Waals surface area contributed by atoms with Crippen molar-refractivity contribution >= 4 is 11.9 Å². The predicted molar refractivity (Wildman–Crippen MR) is 38.8 cm³/mol. The van der Waals surface area contributed by atoms with Gasteiger partial charge >= 0.3 is 29.6 Å². The van der Waals surface area contributed by atoms with Crippen LogP contribution in [0, 0.1) is 6.54 Å². The number of nitrogens with one attached hydrogen (secondary N) is 1. The van der Waals surface area contributed by atoms with Gasteiger partial charge in [-0.2, -0.15) is 11.6 Å². The van der Waals surface area contributed by atoms with Gasteiger partial charge < -0.3 is 4.72 Å². The van der Waals surface area contributed by atoms with Gasteiger partial charge in [-0.3, -0.25) is 0 Å². The van der Waals surface area contributed by atoms with Crippen LogP contribution in [0.25, 0.3) is 0 Å². The molecule has 1 heterocycles. The molecular weight excluding hydrogens is 153 g/mol. The molecule has 0 bridgehead atoms. The maximum Gasteiger partial charge on any atom is 1.00 e. The number of hydrogen-bond donors (Lipinski definition) is 1. The summed E-state index contributed by atoms with van der Waals surface area (Å²) in [4.78, 5) is 1.32. The van der Waals surface area contributed by atoms with Crippen LogP contribution in [-0.4, -0.2) is 0 Å². The van der Waals surface area contributed by atoms with Crippen molar-refractivity contribution in [2.24, 2.45) is 0 Å². The van der Waals surface area contributed by atoms with Gasteiger partial charge in [0.05, 0.1) is 0 Å². The molecule has 0 radical (unpaired) electrons. The van der Waals surface area contributed by atoms with Crippen LogP contribution in [0.3, 0.4) is 0 Å². The van der Waals surface area contributed by atoms with E-state index in [2.05, 4.69) is 16.9 Å². The first-order valence-corrected chi connectivity index (χ1v) is 3.63. The molecule has 1 aliphatic heterocycles. The molecule has 3 heteroatoms. The molecule has 1 nitrogen and oxygen atoms in total. The molecule has 0 unspecified atom stereocenters. The zero-order valence-electron chi connectivity index (χ0n) is 5.79. The van der Waals surface area contributed by atoms with E-state index in [1.807, 2.05) is 18.7 Å². The molecule has 46 valence electrons. The summed E-state index contributed by atoms with van der Waals surface area (Å²) in [5, 5.41) is 0. The van der Waals surface area contributed by atoms with E-state index in [1.54, 1.807) is 11.9 Å². The molecule has 0 amide bonds. The van der Waals surface area contributed by atoms with Gasteiger partial charge in [0.15, 0.2) is 0 Å². The van der Waals surface area contributed by atoms with E-state index >= 15 is 0 Å². The summed E-state index contributed by atoms with van der Waals surface area (Å²) in [6, 6.07) is 8.30. The van der Waals surface area contributed by atoms with Crippen LogP contribution in [0.4, 0.5) is 0 Å². The van der Waals surface area contributed by atoms with Gasteiger partial charge in [-0.25, -0.2) is 0 Å². The minimum atomic E-state index is 0. The Morgan fingerprint density at radius 2 is 2.10 bits per heavy atom. The Kier molecular flexibility index (Phi) is 3.14. The van der Waals surface area contributed by atoms with E-state index in [0.29, 0.717) is 0 Å². The second-order valence-corrected chi connectivity index (χ2v) is 2.78. The van der Waals surface area contributed by atoms with Crippen molar-refractivity contribution in [3.05, 3.63) is 36.4 Å². The van der Waals surface area contributed by atoms with Gasteiger partial charge in [0.1, 0.15) is 0 Å². The first kappa shape index (κ1) is 8.50. The van der Waals surface area contributed by atoms with E-state index < -0.39 is 0 Å². The molecule has 1 aromatic carbocycles. The Morgan fingerprint density at radius 3 is 2.90 bits per heavy atom.